The zero-order valence-electron chi connectivity index (χ0n) is 42.0. The van der Waals surface area contributed by atoms with E-state index in [1.165, 1.54) is 25.0 Å². The van der Waals surface area contributed by atoms with E-state index in [0.29, 0.717) is 73.4 Å². The number of Topliss-reactive ketones (excluding diaryl/α,β-unsaturated/α-hetero) is 2. The Balaban J connectivity index is 0.000000151. The lowest BCUT2D eigenvalue weighted by molar-refractivity contribution is -0.153. The van der Waals surface area contributed by atoms with Crippen LogP contribution in [-0.4, -0.2) is 76.5 Å². The fourth-order valence-corrected chi connectivity index (χ4v) is 8.83. The zero-order valence-corrected chi connectivity index (χ0v) is 43.5. The van der Waals surface area contributed by atoms with Crippen molar-refractivity contribution in [3.05, 3.63) is 198 Å². The Morgan fingerprint density at radius 2 is 1.23 bits per heavy atom. The third-order valence-corrected chi connectivity index (χ3v) is 13.3. The Kier molecular flexibility index (Phi) is 17.1. The van der Waals surface area contributed by atoms with E-state index in [1.807, 2.05) is 53.4 Å². The highest BCUT2D eigenvalue weighted by Gasteiger charge is 2.46. The molecule has 1 atom stereocenters. The Hall–Kier alpha value is -8.64. The normalized spacial score (nSPS) is 15.2. The van der Waals surface area contributed by atoms with E-state index in [0.717, 1.165) is 60.4 Å². The van der Waals surface area contributed by atoms with E-state index in [2.05, 4.69) is 14.7 Å². The highest BCUT2D eigenvalue weighted by molar-refractivity contribution is 6.38. The van der Waals surface area contributed by atoms with Gasteiger partial charge in [0.05, 0.1) is 47.9 Å². The molecule has 8 aromatic rings. The number of rotatable bonds is 15. The number of aldehydes is 1. The molecule has 19 heteroatoms. The summed E-state index contributed by atoms with van der Waals surface area (Å²) in [6.45, 7) is 3.57. The first-order valence-electron chi connectivity index (χ1n) is 25.1. The van der Waals surface area contributed by atoms with Crippen molar-refractivity contribution in [2.75, 3.05) is 26.2 Å². The van der Waals surface area contributed by atoms with Crippen molar-refractivity contribution in [3.8, 4) is 23.0 Å². The first-order valence-corrected chi connectivity index (χ1v) is 25.8. The maximum Gasteiger partial charge on any atom is 0.417 e. The number of hydrogen-bond donors (Lipinski definition) is 3. The van der Waals surface area contributed by atoms with Crippen LogP contribution in [0.4, 0.5) is 0 Å². The van der Waals surface area contributed by atoms with Gasteiger partial charge in [0.2, 0.25) is 5.78 Å². The molecule has 2 aromatic heterocycles. The first-order chi connectivity index (χ1) is 37.8. The third kappa shape index (κ3) is 13.3. The zero-order chi connectivity index (χ0) is 54.9. The number of hydrogen-bond acceptors (Lipinski definition) is 14. The van der Waals surface area contributed by atoms with Gasteiger partial charge in [-0.05, 0) is 166 Å². The van der Waals surface area contributed by atoms with Gasteiger partial charge in [-0.15, -0.1) is 0 Å². The molecule has 2 aliphatic heterocycles. The number of amides is 1. The number of fused-ring (bicyclic) bond motifs is 2. The van der Waals surface area contributed by atoms with Crippen LogP contribution < -0.4 is 26.7 Å². The number of para-hydroxylation sites is 2. The molecule has 6 aromatic carbocycles. The number of benzene rings is 6. The minimum Gasteiger partial charge on any atom is -0.460 e. The van der Waals surface area contributed by atoms with Crippen LogP contribution in [0.2, 0.25) is 10.0 Å². The van der Waals surface area contributed by atoms with Crippen molar-refractivity contribution in [2.45, 2.75) is 45.1 Å². The standard InChI is InChI=1S/C29H22ClN3O4.C13H9ClO2.C13H11NO6.C4H9N/c30-18-8-12-20(13-9-18)36-19-10-6-17(7-11-19)26-24-22(28(34)33(26)15-16-4-5-16)14-31-25(24)21-2-1-3-23-27(21)37-29(35)32-23;14-11-3-7-13(8-4-11)16-12-5-1-10(9-15)2-6-12;1-2-19-12(17)10(16)6-9(15)7-4-3-5-8-11(7)20-13(18)14-8;5-3-4-1-2-4/h1-3,6-13,16,26H,4-5,14-15H2,(H,32,35);1-9H;3-5H,2,6H2,1H3,(H,14,18);4H,1-3,5H2. The number of nitrogens with one attached hydrogen (secondary N) is 2. The molecule has 4 heterocycles. The van der Waals surface area contributed by atoms with Crippen LogP contribution in [0.1, 0.15) is 76.9 Å². The largest absolute Gasteiger partial charge is 0.460 e. The second-order valence-corrected chi connectivity index (χ2v) is 19.4. The van der Waals surface area contributed by atoms with Crippen molar-refractivity contribution in [1.82, 2.24) is 14.9 Å². The van der Waals surface area contributed by atoms with Gasteiger partial charge < -0.3 is 33.7 Å². The van der Waals surface area contributed by atoms with Crippen molar-refractivity contribution < 1.29 is 47.0 Å². The van der Waals surface area contributed by atoms with Crippen LogP contribution in [-0.2, 0) is 19.1 Å². The van der Waals surface area contributed by atoms with E-state index in [9.17, 15) is 33.6 Å². The number of oxazole rings is 2. The minimum atomic E-state index is -1.05. The lowest BCUT2D eigenvalue weighted by Gasteiger charge is -2.29. The Morgan fingerprint density at radius 3 is 1.76 bits per heavy atom. The lowest BCUT2D eigenvalue weighted by atomic mass is 9.91. The monoisotopic (exact) mass is 1090 g/mol. The van der Waals surface area contributed by atoms with Gasteiger partial charge in [0.25, 0.3) is 5.91 Å². The molecule has 1 unspecified atom stereocenters. The second-order valence-electron chi connectivity index (χ2n) is 18.5. The quantitative estimate of drug-likeness (QED) is 0.0285. The van der Waals surface area contributed by atoms with E-state index in [1.54, 1.807) is 79.7 Å². The Morgan fingerprint density at radius 1 is 0.705 bits per heavy atom. The van der Waals surface area contributed by atoms with Crippen LogP contribution in [0.5, 0.6) is 23.0 Å². The number of ether oxygens (including phenoxy) is 3. The van der Waals surface area contributed by atoms with Crippen molar-refractivity contribution in [2.24, 2.45) is 22.6 Å². The van der Waals surface area contributed by atoms with Crippen molar-refractivity contribution in [3.63, 3.8) is 0 Å². The fraction of sp³-hybridized carbons (Fsp3) is 0.220. The molecule has 2 fully saturated rings. The van der Waals surface area contributed by atoms with Gasteiger partial charge in [-0.25, -0.2) is 14.4 Å². The van der Waals surface area contributed by atoms with Crippen LogP contribution in [0, 0.1) is 11.8 Å². The van der Waals surface area contributed by atoms with Crippen LogP contribution in [0.3, 0.4) is 0 Å². The molecule has 0 saturated heterocycles. The fourth-order valence-electron chi connectivity index (χ4n) is 8.58. The number of esters is 1. The summed E-state index contributed by atoms with van der Waals surface area (Å²) in [6, 6.07) is 38.9. The van der Waals surface area contributed by atoms with Gasteiger partial charge in [0, 0.05) is 38.9 Å². The third-order valence-electron chi connectivity index (χ3n) is 12.8. The van der Waals surface area contributed by atoms with E-state index in [-0.39, 0.29) is 29.7 Å². The van der Waals surface area contributed by atoms with E-state index < -0.39 is 35.5 Å². The SMILES string of the molecule is CCOC(=O)C(=O)CC(=O)c1cccc2[nH]c(=O)oc12.NCC1CC1.O=C1C2=C(C(c3cccc4[nH]c(=O)oc34)=NC2)C(c2ccc(Oc3ccc(Cl)cc3)cc2)N1CC1CC1.O=Cc1ccc(Oc2ccc(Cl)cc2)cc1. The molecule has 78 heavy (non-hydrogen) atoms. The van der Waals surface area contributed by atoms with Crippen LogP contribution >= 0.6 is 23.2 Å². The predicted molar refractivity (Wildman–Crippen MR) is 293 cm³/mol. The number of ketones is 2. The second kappa shape index (κ2) is 24.6. The van der Waals surface area contributed by atoms with Crippen LogP contribution in [0.25, 0.3) is 22.2 Å². The van der Waals surface area contributed by atoms with Gasteiger partial charge in [0.1, 0.15) is 29.3 Å². The molecule has 0 radical (unpaired) electrons. The molecule has 0 spiro atoms. The van der Waals surface area contributed by atoms with Gasteiger partial charge in [-0.3, -0.25) is 34.1 Å². The average Bonchev–Trinajstić information content (AvgIpc) is 4.49. The van der Waals surface area contributed by atoms with Gasteiger partial charge in [-0.1, -0.05) is 47.5 Å². The summed E-state index contributed by atoms with van der Waals surface area (Å²) in [5.74, 6) is 0.452. The maximum atomic E-state index is 13.6. The number of aromatic amines is 2. The number of carbonyl (C=O) groups is 5. The molecule has 17 nitrogen and oxygen atoms in total. The smallest absolute Gasteiger partial charge is 0.417 e. The molecule has 2 saturated carbocycles. The highest BCUT2D eigenvalue weighted by Crippen LogP contribution is 2.46. The Labute approximate surface area is 455 Å². The summed E-state index contributed by atoms with van der Waals surface area (Å²) in [4.78, 5) is 93.6. The number of nitrogens with zero attached hydrogens (tertiary/aromatic N) is 2. The summed E-state index contributed by atoms with van der Waals surface area (Å²) >= 11 is 11.7. The summed E-state index contributed by atoms with van der Waals surface area (Å²) < 4.78 is 26.4. The van der Waals surface area contributed by atoms with E-state index >= 15 is 0 Å². The average molecular weight is 1090 g/mol. The molecule has 398 valence electrons. The van der Waals surface area contributed by atoms with Crippen molar-refractivity contribution in [1.29, 1.82) is 0 Å². The molecule has 1 amide bonds. The number of halogens is 2. The van der Waals surface area contributed by atoms with E-state index in [4.69, 9.17) is 52.2 Å². The number of aromatic nitrogens is 2. The van der Waals surface area contributed by atoms with Gasteiger partial charge in [-0.2, -0.15) is 0 Å². The van der Waals surface area contributed by atoms with Crippen molar-refractivity contribution >= 4 is 80.8 Å². The Bertz CT molecular complexity index is 3680. The molecular formula is C59H51Cl2N5O12. The van der Waals surface area contributed by atoms with Gasteiger partial charge >= 0.3 is 17.5 Å². The first kappa shape index (κ1) is 54.2. The number of carbonyl (C=O) groups excluding carboxylic acids is 5. The number of aliphatic imine (C=N–C) groups is 1. The number of nitrogens with two attached hydrogens (primary N) is 1. The minimum absolute atomic E-state index is 0.0369. The van der Waals surface area contributed by atoms with Crippen LogP contribution in [0.15, 0.2) is 168 Å². The maximum absolute atomic E-state index is 13.6. The molecule has 4 N–H and O–H groups in total. The highest BCUT2D eigenvalue weighted by atomic mass is 35.5. The molecule has 2 aliphatic carbocycles. The van der Waals surface area contributed by atoms with Gasteiger partial charge in [0.15, 0.2) is 16.9 Å². The molecular weight excluding hydrogens is 1040 g/mol. The summed E-state index contributed by atoms with van der Waals surface area (Å²) in [5, 5.41) is 1.32. The summed E-state index contributed by atoms with van der Waals surface area (Å²) in [5.41, 5.74) is 11.4. The predicted octanol–water partition coefficient (Wildman–Crippen LogP) is 10.8. The molecule has 0 bridgehead atoms. The topological polar surface area (TPSA) is 247 Å². The molecule has 12 rings (SSSR count). The summed E-state index contributed by atoms with van der Waals surface area (Å²) in [6.07, 6.45) is 5.22. The summed E-state index contributed by atoms with van der Waals surface area (Å²) in [7, 11) is 0. The lowest BCUT2D eigenvalue weighted by Crippen LogP contribution is -2.34. The molecule has 4 aliphatic rings. The number of H-pyrrole nitrogens is 2.